The smallest absolute Gasteiger partial charge is 0.308 e. The molecule has 0 spiro atoms. The van der Waals surface area contributed by atoms with Crippen molar-refractivity contribution >= 4 is 5.97 Å². The van der Waals surface area contributed by atoms with Gasteiger partial charge in [-0.2, -0.15) is 0 Å². The summed E-state index contributed by atoms with van der Waals surface area (Å²) in [6, 6.07) is 0. The molecule has 4 heteroatoms. The minimum Gasteiger partial charge on any atom is -0.469 e. The summed E-state index contributed by atoms with van der Waals surface area (Å²) in [6.45, 7) is -0.130. The van der Waals surface area contributed by atoms with Crippen LogP contribution >= 0.6 is 0 Å². The number of methoxy groups -OCH3 is 1. The first kappa shape index (κ1) is 8.36. The summed E-state index contributed by atoms with van der Waals surface area (Å²) < 4.78 is 16.3. The van der Waals surface area contributed by atoms with Gasteiger partial charge in [-0.3, -0.25) is 4.79 Å². The van der Waals surface area contributed by atoms with Gasteiger partial charge in [-0.15, -0.1) is 0 Å². The van der Waals surface area contributed by atoms with Gasteiger partial charge in [0.15, 0.2) is 0 Å². The maximum atomic E-state index is 12.1. The summed E-state index contributed by atoms with van der Waals surface area (Å²) >= 11 is 0. The van der Waals surface area contributed by atoms with Crippen molar-refractivity contribution in [3.05, 3.63) is 0 Å². The Morgan fingerprint density at radius 1 is 1.89 bits per heavy atom. The second-order valence-corrected chi connectivity index (χ2v) is 1.61. The maximum absolute atomic E-state index is 12.1. The van der Waals surface area contributed by atoms with Crippen LogP contribution in [0.25, 0.3) is 0 Å². The molecule has 0 aromatic rings. The van der Waals surface area contributed by atoms with Crippen LogP contribution in [0.3, 0.4) is 0 Å². The Balaban J connectivity index is 3.34. The lowest BCUT2D eigenvalue weighted by atomic mass is 10.3. The summed E-state index contributed by atoms with van der Waals surface area (Å²) in [6.07, 6.45) is -1.51. The predicted molar refractivity (Wildman–Crippen MR) is 30.6 cm³/mol. The van der Waals surface area contributed by atoms with E-state index in [1.54, 1.807) is 0 Å². The van der Waals surface area contributed by atoms with Crippen LogP contribution in [0.5, 0.6) is 0 Å². The zero-order chi connectivity index (χ0) is 7.28. The Kier molecular flexibility index (Phi) is 3.96. The molecule has 0 aliphatic carbocycles. The van der Waals surface area contributed by atoms with E-state index in [1.807, 2.05) is 0 Å². The molecule has 0 aliphatic rings. The number of rotatable bonds is 3. The van der Waals surface area contributed by atoms with Crippen molar-refractivity contribution in [2.75, 3.05) is 13.7 Å². The number of hydrogen-bond donors (Lipinski definition) is 1. The van der Waals surface area contributed by atoms with Gasteiger partial charge in [-0.25, -0.2) is 4.39 Å². The number of alkyl halides is 1. The van der Waals surface area contributed by atoms with Crippen molar-refractivity contribution in [2.45, 2.75) is 12.6 Å². The van der Waals surface area contributed by atoms with Gasteiger partial charge in [-0.05, 0) is 0 Å². The van der Waals surface area contributed by atoms with Gasteiger partial charge >= 0.3 is 5.97 Å². The minimum atomic E-state index is -1.27. The molecule has 0 rings (SSSR count). The molecule has 3 nitrogen and oxygen atoms in total. The second-order valence-electron chi connectivity index (χ2n) is 1.61. The van der Waals surface area contributed by atoms with Gasteiger partial charge < -0.3 is 10.5 Å². The van der Waals surface area contributed by atoms with E-state index < -0.39 is 12.1 Å². The summed E-state index contributed by atoms with van der Waals surface area (Å²) in [5.41, 5.74) is 4.89. The molecule has 0 heterocycles. The fraction of sp³-hybridized carbons (Fsp3) is 0.800. The summed E-state index contributed by atoms with van der Waals surface area (Å²) in [7, 11) is 1.21. The Labute approximate surface area is 53.0 Å². The third kappa shape index (κ3) is 3.90. The van der Waals surface area contributed by atoms with E-state index in [9.17, 15) is 9.18 Å². The lowest BCUT2D eigenvalue weighted by Gasteiger charge is -2.00. The van der Waals surface area contributed by atoms with Gasteiger partial charge in [0.1, 0.15) is 6.17 Å². The van der Waals surface area contributed by atoms with Crippen LogP contribution < -0.4 is 5.73 Å². The number of hydrogen-bond acceptors (Lipinski definition) is 3. The number of ether oxygens (including phenoxy) is 1. The molecule has 0 fully saturated rings. The maximum Gasteiger partial charge on any atom is 0.308 e. The van der Waals surface area contributed by atoms with Crippen LogP contribution in [0, 0.1) is 0 Å². The molecular weight excluding hydrogens is 125 g/mol. The normalized spacial score (nSPS) is 12.8. The van der Waals surface area contributed by atoms with E-state index in [0.29, 0.717) is 0 Å². The van der Waals surface area contributed by atoms with Gasteiger partial charge in [0.05, 0.1) is 13.5 Å². The molecule has 0 bridgehead atoms. The molecule has 9 heavy (non-hydrogen) atoms. The third-order valence-corrected chi connectivity index (χ3v) is 0.872. The largest absolute Gasteiger partial charge is 0.469 e. The zero-order valence-electron chi connectivity index (χ0n) is 5.26. The lowest BCUT2D eigenvalue weighted by Crippen LogP contribution is -2.19. The standard InChI is InChI=1S/C5H10FNO2/c1-9-5(8)2-4(6)3-7/h4H,2-3,7H2,1H3. The number of esters is 1. The van der Waals surface area contributed by atoms with E-state index in [2.05, 4.69) is 4.74 Å². The Morgan fingerprint density at radius 2 is 2.44 bits per heavy atom. The van der Waals surface area contributed by atoms with Crippen molar-refractivity contribution < 1.29 is 13.9 Å². The quantitative estimate of drug-likeness (QED) is 0.547. The molecule has 2 N–H and O–H groups in total. The average Bonchev–Trinajstić information content (AvgIpc) is 1.87. The SMILES string of the molecule is COC(=O)CC(F)CN. The molecular formula is C5H10FNO2. The number of halogens is 1. The monoisotopic (exact) mass is 135 g/mol. The molecule has 0 aromatic carbocycles. The first-order valence-electron chi connectivity index (χ1n) is 2.61. The van der Waals surface area contributed by atoms with E-state index >= 15 is 0 Å². The van der Waals surface area contributed by atoms with Crippen molar-refractivity contribution in [3.8, 4) is 0 Å². The van der Waals surface area contributed by atoms with Crippen molar-refractivity contribution in [1.82, 2.24) is 0 Å². The molecule has 0 aromatic heterocycles. The molecule has 1 atom stereocenters. The number of carbonyl (C=O) groups excluding carboxylic acids is 1. The minimum absolute atomic E-state index is 0.130. The molecule has 0 amide bonds. The van der Waals surface area contributed by atoms with Gasteiger partial charge in [0.2, 0.25) is 0 Å². The molecule has 0 saturated carbocycles. The molecule has 1 unspecified atom stereocenters. The fourth-order valence-corrected chi connectivity index (χ4v) is 0.348. The van der Waals surface area contributed by atoms with E-state index in [0.717, 1.165) is 0 Å². The molecule has 0 saturated heterocycles. The van der Waals surface area contributed by atoms with Crippen LogP contribution in [0.1, 0.15) is 6.42 Å². The summed E-state index contributed by atoms with van der Waals surface area (Å²) in [4.78, 5) is 10.3. The van der Waals surface area contributed by atoms with E-state index in [-0.39, 0.29) is 13.0 Å². The Hall–Kier alpha value is -0.640. The fourth-order valence-electron chi connectivity index (χ4n) is 0.348. The lowest BCUT2D eigenvalue weighted by molar-refractivity contribution is -0.141. The van der Waals surface area contributed by atoms with Crippen LogP contribution in [0.2, 0.25) is 0 Å². The highest BCUT2D eigenvalue weighted by atomic mass is 19.1. The highest BCUT2D eigenvalue weighted by Crippen LogP contribution is 1.95. The second kappa shape index (κ2) is 4.26. The highest BCUT2D eigenvalue weighted by molar-refractivity contribution is 5.69. The van der Waals surface area contributed by atoms with Crippen molar-refractivity contribution in [2.24, 2.45) is 5.73 Å². The van der Waals surface area contributed by atoms with Gasteiger partial charge in [0.25, 0.3) is 0 Å². The number of nitrogens with two attached hydrogens (primary N) is 1. The van der Waals surface area contributed by atoms with E-state index in [4.69, 9.17) is 5.73 Å². The van der Waals surface area contributed by atoms with Crippen LogP contribution in [-0.4, -0.2) is 25.8 Å². The van der Waals surface area contributed by atoms with Gasteiger partial charge in [0, 0.05) is 6.54 Å². The molecule has 0 radical (unpaired) electrons. The van der Waals surface area contributed by atoms with Crippen LogP contribution in [0.4, 0.5) is 4.39 Å². The molecule has 0 aliphatic heterocycles. The molecule has 54 valence electrons. The van der Waals surface area contributed by atoms with Gasteiger partial charge in [-0.1, -0.05) is 0 Å². The van der Waals surface area contributed by atoms with Crippen molar-refractivity contribution in [1.29, 1.82) is 0 Å². The van der Waals surface area contributed by atoms with Crippen molar-refractivity contribution in [3.63, 3.8) is 0 Å². The summed E-state index contributed by atoms with van der Waals surface area (Å²) in [5, 5.41) is 0. The number of carbonyl (C=O) groups is 1. The first-order chi connectivity index (χ1) is 4.20. The third-order valence-electron chi connectivity index (χ3n) is 0.872. The Bertz CT molecular complexity index is 97.0. The highest BCUT2D eigenvalue weighted by Gasteiger charge is 2.09. The predicted octanol–water partition coefficient (Wildman–Crippen LogP) is -0.154. The van der Waals surface area contributed by atoms with Crippen LogP contribution in [-0.2, 0) is 9.53 Å². The average molecular weight is 135 g/mol. The van der Waals surface area contributed by atoms with Crippen LogP contribution in [0.15, 0.2) is 0 Å². The Morgan fingerprint density at radius 3 is 2.78 bits per heavy atom. The topological polar surface area (TPSA) is 52.3 Å². The van der Waals surface area contributed by atoms with E-state index in [1.165, 1.54) is 7.11 Å². The summed E-state index contributed by atoms with van der Waals surface area (Å²) in [5.74, 6) is -0.562. The zero-order valence-corrected chi connectivity index (χ0v) is 5.26. The first-order valence-corrected chi connectivity index (χ1v) is 2.61.